The fourth-order valence-corrected chi connectivity index (χ4v) is 6.55. The van der Waals surface area contributed by atoms with Gasteiger partial charge in [-0.25, -0.2) is 4.98 Å². The second kappa shape index (κ2) is 10.8. The Bertz CT molecular complexity index is 1780. The van der Waals surface area contributed by atoms with Gasteiger partial charge in [0.05, 0.1) is 36.7 Å². The lowest BCUT2D eigenvalue weighted by atomic mass is 9.96. The Balaban J connectivity index is 1.36. The number of benzene rings is 3. The zero-order chi connectivity index (χ0) is 28.7. The number of methoxy groups -OCH3 is 2. The third-order valence-corrected chi connectivity index (χ3v) is 8.73. The summed E-state index contributed by atoms with van der Waals surface area (Å²) in [4.78, 5) is 32.9. The van der Waals surface area contributed by atoms with Crippen LogP contribution in [0.5, 0.6) is 11.5 Å². The van der Waals surface area contributed by atoms with Gasteiger partial charge in [0.25, 0.3) is 5.91 Å². The summed E-state index contributed by atoms with van der Waals surface area (Å²) in [5, 5.41) is 4.66. The van der Waals surface area contributed by atoms with E-state index in [2.05, 4.69) is 40.4 Å². The van der Waals surface area contributed by atoms with Gasteiger partial charge in [-0.3, -0.25) is 9.59 Å². The number of amides is 1. The Morgan fingerprint density at radius 2 is 1.78 bits per heavy atom. The van der Waals surface area contributed by atoms with Crippen LogP contribution in [0.3, 0.4) is 0 Å². The number of carbonyl (C=O) groups excluding carboxylic acids is 2. The monoisotopic (exact) mass is 566 g/mol. The molecular formula is C32H30N4O4S. The molecule has 0 saturated heterocycles. The predicted octanol–water partition coefficient (Wildman–Crippen LogP) is 6.13. The largest absolute Gasteiger partial charge is 0.496 e. The highest BCUT2D eigenvalue weighted by Crippen LogP contribution is 2.37. The molecule has 0 unspecified atom stereocenters. The number of nitrogens with one attached hydrogen (secondary N) is 1. The molecule has 208 valence electrons. The summed E-state index contributed by atoms with van der Waals surface area (Å²) in [6.45, 7) is 3.81. The maximum atomic E-state index is 13.2. The number of thiazole rings is 1. The molecular weight excluding hydrogens is 536 g/mol. The van der Waals surface area contributed by atoms with Crippen molar-refractivity contribution in [2.75, 3.05) is 33.1 Å². The van der Waals surface area contributed by atoms with Gasteiger partial charge in [-0.05, 0) is 48.9 Å². The maximum absolute atomic E-state index is 13.2. The minimum atomic E-state index is -0.182. The van der Waals surface area contributed by atoms with Crippen LogP contribution in [0.15, 0.2) is 60.8 Å². The Labute approximate surface area is 242 Å². The summed E-state index contributed by atoms with van der Waals surface area (Å²) < 4.78 is 13.0. The number of hydrogen-bond donors (Lipinski definition) is 1. The van der Waals surface area contributed by atoms with Crippen molar-refractivity contribution in [1.29, 1.82) is 0 Å². The topological polar surface area (TPSA) is 85.7 Å². The molecule has 0 fully saturated rings. The Morgan fingerprint density at radius 3 is 2.51 bits per heavy atom. The highest BCUT2D eigenvalue weighted by molar-refractivity contribution is 7.13. The normalized spacial score (nSPS) is 13.2. The van der Waals surface area contributed by atoms with E-state index in [1.54, 1.807) is 0 Å². The number of ether oxygens (including phenoxy) is 2. The molecule has 2 aromatic heterocycles. The molecule has 0 bridgehead atoms. The third kappa shape index (κ3) is 4.77. The SMILES string of the molecule is COc1cc(-n2ccc3c(-c4cccc(NC(=O)c5nc6c(s5)CN(C)CC6)c4C)cccc32)cc(OC)c1C=O. The molecule has 0 spiro atoms. The maximum Gasteiger partial charge on any atom is 0.284 e. The third-order valence-electron chi connectivity index (χ3n) is 7.65. The van der Waals surface area contributed by atoms with Crippen molar-refractivity contribution < 1.29 is 19.1 Å². The highest BCUT2D eigenvalue weighted by Gasteiger charge is 2.22. The molecule has 6 rings (SSSR count). The molecule has 0 saturated carbocycles. The molecule has 1 N–H and O–H groups in total. The molecule has 41 heavy (non-hydrogen) atoms. The van der Waals surface area contributed by atoms with Crippen molar-refractivity contribution in [2.24, 2.45) is 0 Å². The van der Waals surface area contributed by atoms with E-state index in [0.717, 1.165) is 70.5 Å². The van der Waals surface area contributed by atoms with Crippen LogP contribution in [0.4, 0.5) is 5.69 Å². The van der Waals surface area contributed by atoms with Crippen molar-refractivity contribution in [3.05, 3.63) is 87.5 Å². The van der Waals surface area contributed by atoms with Crippen molar-refractivity contribution in [1.82, 2.24) is 14.5 Å². The minimum absolute atomic E-state index is 0.182. The summed E-state index contributed by atoms with van der Waals surface area (Å²) in [5.41, 5.74) is 7.01. The standard InChI is InChI=1S/C32H30N4O4S/c1-19-21(7-5-9-25(19)33-31(38)32-34-26-12-13-35(2)17-30(26)41-32)22-8-6-10-27-23(22)11-14-36(27)20-15-28(39-3)24(18-37)29(16-20)40-4/h5-11,14-16,18H,12-13,17H2,1-4H3,(H,33,38). The van der Waals surface area contributed by atoms with Crippen LogP contribution in [0, 0.1) is 6.92 Å². The smallest absolute Gasteiger partial charge is 0.284 e. The summed E-state index contributed by atoms with van der Waals surface area (Å²) in [6.07, 6.45) is 3.60. The van der Waals surface area contributed by atoms with Crippen LogP contribution in [0.1, 0.15) is 36.3 Å². The number of carbonyl (C=O) groups is 2. The molecule has 8 nitrogen and oxygen atoms in total. The quantitative estimate of drug-likeness (QED) is 0.239. The molecule has 1 amide bonds. The molecule has 3 heterocycles. The van der Waals surface area contributed by atoms with Crippen LogP contribution in [-0.4, -0.2) is 54.5 Å². The molecule has 1 aliphatic rings. The predicted molar refractivity (Wildman–Crippen MR) is 162 cm³/mol. The molecule has 3 aromatic carbocycles. The first-order valence-electron chi connectivity index (χ1n) is 13.3. The number of rotatable bonds is 7. The van der Waals surface area contributed by atoms with Crippen LogP contribution < -0.4 is 14.8 Å². The first kappa shape index (κ1) is 26.7. The average molecular weight is 567 g/mol. The van der Waals surface area contributed by atoms with Gasteiger partial charge in [-0.2, -0.15) is 0 Å². The van der Waals surface area contributed by atoms with Crippen molar-refractivity contribution >= 4 is 40.1 Å². The fraction of sp³-hybridized carbons (Fsp3) is 0.219. The van der Waals surface area contributed by atoms with E-state index in [0.29, 0.717) is 22.1 Å². The fourth-order valence-electron chi connectivity index (χ4n) is 5.47. The Morgan fingerprint density at radius 1 is 1.05 bits per heavy atom. The Hall–Kier alpha value is -4.47. The van der Waals surface area contributed by atoms with Gasteiger partial charge in [0.15, 0.2) is 11.3 Å². The van der Waals surface area contributed by atoms with Crippen molar-refractivity contribution in [3.8, 4) is 28.3 Å². The van der Waals surface area contributed by atoms with E-state index < -0.39 is 0 Å². The molecule has 9 heteroatoms. The molecule has 0 aliphatic carbocycles. The first-order valence-corrected chi connectivity index (χ1v) is 14.1. The van der Waals surface area contributed by atoms with Gasteiger partial charge in [0.1, 0.15) is 11.5 Å². The number of aromatic nitrogens is 2. The zero-order valence-electron chi connectivity index (χ0n) is 23.4. The van der Waals surface area contributed by atoms with Gasteiger partial charge in [-0.15, -0.1) is 11.3 Å². The van der Waals surface area contributed by atoms with E-state index in [1.807, 2.05) is 54.1 Å². The van der Waals surface area contributed by atoms with Gasteiger partial charge >= 0.3 is 0 Å². The van der Waals surface area contributed by atoms with Crippen LogP contribution in [0.2, 0.25) is 0 Å². The number of aldehydes is 1. The lowest BCUT2D eigenvalue weighted by Crippen LogP contribution is -2.25. The van der Waals surface area contributed by atoms with Crippen LogP contribution in [-0.2, 0) is 13.0 Å². The molecule has 5 aromatic rings. The number of anilines is 1. The minimum Gasteiger partial charge on any atom is -0.496 e. The van der Waals surface area contributed by atoms with Crippen molar-refractivity contribution in [2.45, 2.75) is 19.9 Å². The number of fused-ring (bicyclic) bond motifs is 2. The summed E-state index contributed by atoms with van der Waals surface area (Å²) in [5.74, 6) is 0.706. The summed E-state index contributed by atoms with van der Waals surface area (Å²) in [6, 6.07) is 17.8. The van der Waals surface area contributed by atoms with Crippen molar-refractivity contribution in [3.63, 3.8) is 0 Å². The Kier molecular flexibility index (Phi) is 7.07. The second-order valence-corrected chi connectivity index (χ2v) is 11.2. The number of hydrogen-bond acceptors (Lipinski definition) is 7. The first-order chi connectivity index (χ1) is 19.9. The van der Waals surface area contributed by atoms with Crippen LogP contribution >= 0.6 is 11.3 Å². The van der Waals surface area contributed by atoms with E-state index in [9.17, 15) is 9.59 Å². The molecule has 0 radical (unpaired) electrons. The number of likely N-dealkylation sites (N-methyl/N-ethyl adjacent to an activating group) is 1. The highest BCUT2D eigenvalue weighted by atomic mass is 32.1. The van der Waals surface area contributed by atoms with E-state index in [1.165, 1.54) is 30.4 Å². The average Bonchev–Trinajstić information content (AvgIpc) is 3.62. The van der Waals surface area contributed by atoms with Gasteiger partial charge in [0, 0.05) is 53.8 Å². The van der Waals surface area contributed by atoms with Gasteiger partial charge in [0.2, 0.25) is 0 Å². The lowest BCUT2D eigenvalue weighted by Gasteiger charge is -2.20. The van der Waals surface area contributed by atoms with E-state index in [-0.39, 0.29) is 5.91 Å². The summed E-state index contributed by atoms with van der Waals surface area (Å²) in [7, 11) is 5.16. The van der Waals surface area contributed by atoms with E-state index >= 15 is 0 Å². The van der Waals surface area contributed by atoms with E-state index in [4.69, 9.17) is 9.47 Å². The molecule has 1 aliphatic heterocycles. The lowest BCUT2D eigenvalue weighted by molar-refractivity contribution is 0.102. The number of nitrogens with zero attached hydrogens (tertiary/aromatic N) is 3. The zero-order valence-corrected chi connectivity index (χ0v) is 24.2. The second-order valence-electron chi connectivity index (χ2n) is 10.1. The molecule has 0 atom stereocenters. The van der Waals surface area contributed by atoms with Crippen LogP contribution in [0.25, 0.3) is 27.7 Å². The summed E-state index contributed by atoms with van der Waals surface area (Å²) >= 11 is 1.48. The van der Waals surface area contributed by atoms with Gasteiger partial charge < -0.3 is 24.3 Å². The van der Waals surface area contributed by atoms with Gasteiger partial charge in [-0.1, -0.05) is 24.3 Å².